The van der Waals surface area contributed by atoms with Gasteiger partial charge < -0.3 is 38.5 Å². The molecule has 0 saturated carbocycles. The molecule has 0 atom stereocenters. The Morgan fingerprint density at radius 1 is 0.489 bits per heavy atom. The minimum atomic E-state index is -1.46. The van der Waals surface area contributed by atoms with Crippen LogP contribution in [-0.4, -0.2) is 50.4 Å². The number of para-hydroxylation sites is 3. The molecule has 1 saturated heterocycles. The summed E-state index contributed by atoms with van der Waals surface area (Å²) >= 11 is 20.7. The average Bonchev–Trinajstić information content (AvgIpc) is 1.64. The summed E-state index contributed by atoms with van der Waals surface area (Å²) in [6, 6.07) is 59.8. The van der Waals surface area contributed by atoms with Crippen molar-refractivity contribution in [1.82, 2.24) is 15.0 Å². The van der Waals surface area contributed by atoms with Crippen LogP contribution in [0.2, 0.25) is 10.0 Å². The van der Waals surface area contributed by atoms with Crippen molar-refractivity contribution in [2.24, 2.45) is 0 Å². The maximum Gasteiger partial charge on any atom is 0.519 e. The van der Waals surface area contributed by atoms with E-state index in [9.17, 15) is 0 Å². The summed E-state index contributed by atoms with van der Waals surface area (Å²) in [5, 5.41) is 27.2. The Bertz CT molecular complexity index is 5060. The van der Waals surface area contributed by atoms with E-state index in [4.69, 9.17) is 65.8 Å². The molecule has 16 rings (SSSR count). The Labute approximate surface area is 552 Å². The highest BCUT2D eigenvalue weighted by Gasteiger charge is 2.52. The van der Waals surface area contributed by atoms with E-state index in [1.165, 1.54) is 20.7 Å². The van der Waals surface area contributed by atoms with Gasteiger partial charge >= 0.3 is 14.2 Å². The van der Waals surface area contributed by atoms with Crippen LogP contribution in [0.4, 0.5) is 0 Å². The van der Waals surface area contributed by atoms with Crippen molar-refractivity contribution in [3.8, 4) is 44.8 Å². The topological polar surface area (TPSA) is 137 Å². The molecule has 7 heterocycles. The van der Waals surface area contributed by atoms with Gasteiger partial charge in [0.15, 0.2) is 0 Å². The number of rotatable bonds is 4. The molecular weight excluding hydrogens is 1290 g/mol. The van der Waals surface area contributed by atoms with Crippen molar-refractivity contribution in [3.63, 3.8) is 0 Å². The van der Waals surface area contributed by atoms with Gasteiger partial charge in [-0.15, -0.1) is 45.9 Å². The van der Waals surface area contributed by atoms with Crippen LogP contribution in [0.3, 0.4) is 0 Å². The Balaban J connectivity index is 0.000000133. The fourth-order valence-electron chi connectivity index (χ4n) is 9.82. The van der Waals surface area contributed by atoms with E-state index in [0.717, 1.165) is 123 Å². The number of hydrogen-bond acceptors (Lipinski definition) is 13. The Kier molecular flexibility index (Phi) is 20.3. The van der Waals surface area contributed by atoms with Gasteiger partial charge in [-0.1, -0.05) is 114 Å². The highest BCUT2D eigenvalue weighted by Crippen LogP contribution is 2.42. The predicted octanol–water partition coefficient (Wildman–Crippen LogP) is 20.2. The maximum atomic E-state index is 8.83. The summed E-state index contributed by atoms with van der Waals surface area (Å²) < 4.78 is 34.8. The molecular formula is C72H59B2BrCl2N3O7S3-. The van der Waals surface area contributed by atoms with Gasteiger partial charge in [-0.25, -0.2) is 15.0 Å². The van der Waals surface area contributed by atoms with Crippen LogP contribution in [0.25, 0.3) is 118 Å². The van der Waals surface area contributed by atoms with Crippen LogP contribution in [-0.2, 0) is 9.31 Å². The third-order valence-corrected chi connectivity index (χ3v) is 19.3. The number of benzene rings is 9. The fourth-order valence-corrected chi connectivity index (χ4v) is 13.5. The molecule has 10 nitrogen and oxygen atoms in total. The van der Waals surface area contributed by atoms with E-state index in [-0.39, 0.29) is 7.43 Å². The Hall–Kier alpha value is -7.93. The summed E-state index contributed by atoms with van der Waals surface area (Å²) in [5.74, 6) is 10.4. The normalized spacial score (nSPS) is 12.7. The summed E-state index contributed by atoms with van der Waals surface area (Å²) in [7, 11) is -1.90. The van der Waals surface area contributed by atoms with Gasteiger partial charge in [0.1, 0.15) is 48.4 Å². The molecule has 6 aromatic heterocycles. The van der Waals surface area contributed by atoms with E-state index in [0.29, 0.717) is 9.93 Å². The van der Waals surface area contributed by atoms with E-state index >= 15 is 0 Å². The van der Waals surface area contributed by atoms with Crippen molar-refractivity contribution in [2.75, 3.05) is 0 Å². The Morgan fingerprint density at radius 3 is 1.32 bits per heavy atom. The zero-order chi connectivity index (χ0) is 62.6. The largest absolute Gasteiger partial charge is 0.519 e. The number of thiazole rings is 3. The summed E-state index contributed by atoms with van der Waals surface area (Å²) in [6.45, 7) is 16.9. The van der Waals surface area contributed by atoms with Gasteiger partial charge in [-0.3, -0.25) is 5.92 Å². The second kappa shape index (κ2) is 28.1. The Morgan fingerprint density at radius 2 is 0.889 bits per heavy atom. The monoisotopic (exact) mass is 1340 g/mol. The van der Waals surface area contributed by atoms with Crippen molar-refractivity contribution >= 4 is 194 Å². The lowest BCUT2D eigenvalue weighted by molar-refractivity contribution is 0.00578. The molecule has 0 aliphatic carbocycles. The van der Waals surface area contributed by atoms with Gasteiger partial charge in [0.05, 0.1) is 51.9 Å². The van der Waals surface area contributed by atoms with Gasteiger partial charge in [0.25, 0.3) is 0 Å². The maximum absolute atomic E-state index is 8.83. The highest BCUT2D eigenvalue weighted by atomic mass is 79.9. The first-order valence-corrected chi connectivity index (χ1v) is 32.1. The van der Waals surface area contributed by atoms with Gasteiger partial charge in [-0.2, -0.15) is 6.92 Å². The molecule has 1 aliphatic rings. The number of hydrogen-bond donors (Lipinski definition) is 2. The van der Waals surface area contributed by atoms with Crippen molar-refractivity contribution < 1.29 is 32.6 Å². The molecule has 2 N–H and O–H groups in total. The SMILES string of the molecule is C.CC#CC.CC1(C)OB(c2cccc3oc4ccc(-c5nc6ccccc6s5)cc4c23)OC1(C)C.Clc1cccc2oc3ccc(-c4nc5ccccc5s4)cc3c12.Clc1cccc2oc3ccc(Br)cc3c12.OB(O)c1nc2ccccc2s1.[CH2-]C#CC. The minimum absolute atomic E-state index is 0. The van der Waals surface area contributed by atoms with Crippen molar-refractivity contribution in [1.29, 1.82) is 0 Å². The molecule has 0 bridgehead atoms. The zero-order valence-electron chi connectivity index (χ0n) is 49.3. The predicted molar refractivity (Wildman–Crippen MR) is 386 cm³/mol. The zero-order valence-corrected chi connectivity index (χ0v) is 54.9. The van der Waals surface area contributed by atoms with Crippen molar-refractivity contribution in [3.05, 3.63) is 203 Å². The number of furan rings is 3. The lowest BCUT2D eigenvalue weighted by Gasteiger charge is -2.32. The lowest BCUT2D eigenvalue weighted by Crippen LogP contribution is -2.41. The molecule has 1 aliphatic heterocycles. The molecule has 9 aromatic carbocycles. The molecule has 90 heavy (non-hydrogen) atoms. The van der Waals surface area contributed by atoms with Crippen LogP contribution >= 0.6 is 73.1 Å². The van der Waals surface area contributed by atoms with E-state index in [1.54, 1.807) is 29.6 Å². The molecule has 18 heteroatoms. The first-order chi connectivity index (χ1) is 43.0. The minimum Gasteiger partial charge on any atom is -0.456 e. The van der Waals surface area contributed by atoms with Crippen molar-refractivity contribution in [2.45, 2.75) is 67.1 Å². The van der Waals surface area contributed by atoms with Gasteiger partial charge in [0.2, 0.25) is 0 Å². The van der Waals surface area contributed by atoms with Crippen LogP contribution in [0.5, 0.6) is 0 Å². The second-order valence-corrected chi connectivity index (χ2v) is 26.1. The second-order valence-electron chi connectivity index (χ2n) is 21.2. The highest BCUT2D eigenvalue weighted by molar-refractivity contribution is 9.10. The third kappa shape index (κ3) is 13.7. The van der Waals surface area contributed by atoms with E-state index in [2.05, 4.69) is 128 Å². The van der Waals surface area contributed by atoms with Crippen LogP contribution in [0.1, 0.15) is 55.9 Å². The summed E-state index contributed by atoms with van der Waals surface area (Å²) in [6.07, 6.45) is 0. The molecule has 0 unspecified atom stereocenters. The smallest absolute Gasteiger partial charge is 0.456 e. The number of nitrogens with zero attached hydrogens (tertiary/aromatic N) is 3. The standard InChI is InChI=1S/C25H22BNO3S.C19H10ClNOS.C12H6BrClO.C7H6BNO2S.C4H6.C4H5.CH4/c1-24(2)25(3,4)30-26(29-24)17-8-7-10-20-22(17)16-14-15(12-13-19(16)28-20)23-27-18-9-5-6-11-21(18)31-23;20-13-4-3-6-16-18(13)12-10-11(8-9-15(12)22-16)19-21-14-5-1-2-7-17(14)23-19;13-7-4-5-10-8(6-7)12-9(14)2-1-3-11(12)15-10;10-8(11)7-9-5-3-1-2-4-6(5)12-7;2*1-3-4-2;/h5-14H,1-4H3;1-10H;1-6H;1-4,10-11H;1-2H3;1H2,2H3;1H4/q;;;;;-1;. The molecule has 0 spiro atoms. The summed E-state index contributed by atoms with van der Waals surface area (Å²) in [5.41, 5.74) is 10.3. The van der Waals surface area contributed by atoms with E-state index in [1.807, 2.05) is 147 Å². The van der Waals surface area contributed by atoms with Crippen LogP contribution < -0.4 is 10.4 Å². The molecule has 15 aromatic rings. The quantitative estimate of drug-likeness (QED) is 0.0995. The van der Waals surface area contributed by atoms with Gasteiger partial charge in [-0.05, 0) is 168 Å². The summed E-state index contributed by atoms with van der Waals surface area (Å²) in [4.78, 5) is 13.9. The fraction of sp³-hybridized carbons (Fsp3) is 0.139. The van der Waals surface area contributed by atoms with Gasteiger partial charge in [0, 0.05) is 47.9 Å². The van der Waals surface area contributed by atoms with Crippen LogP contribution in [0.15, 0.2) is 200 Å². The lowest BCUT2D eigenvalue weighted by atomic mass is 9.76. The molecule has 0 radical (unpaired) electrons. The number of fused-ring (bicyclic) bond motifs is 12. The first kappa shape index (κ1) is 65.0. The molecule has 0 amide bonds. The van der Waals surface area contributed by atoms with Crippen LogP contribution in [0, 0.1) is 30.6 Å². The third-order valence-electron chi connectivity index (χ3n) is 14.9. The molecule has 450 valence electrons. The molecule has 1 fully saturated rings. The number of aromatic nitrogens is 3. The average molecular weight is 1350 g/mol. The van der Waals surface area contributed by atoms with E-state index < -0.39 is 25.4 Å². The number of halogens is 3. The first-order valence-electron chi connectivity index (χ1n) is 28.1.